The van der Waals surface area contributed by atoms with Gasteiger partial charge in [0.05, 0.1) is 22.9 Å². The van der Waals surface area contributed by atoms with Crippen LogP contribution in [-0.2, 0) is 19.4 Å². The number of non-ortho nitro benzene ring substituents is 1. The molecular weight excluding hydrogens is 258 g/mol. The zero-order chi connectivity index (χ0) is 14.7. The van der Waals surface area contributed by atoms with Gasteiger partial charge in [-0.3, -0.25) is 10.1 Å². The Hall–Kier alpha value is -2.21. The maximum absolute atomic E-state index is 10.8. The third-order valence-electron chi connectivity index (χ3n) is 3.23. The molecule has 1 aromatic carbocycles. The van der Waals surface area contributed by atoms with Gasteiger partial charge in [0.15, 0.2) is 0 Å². The smallest absolute Gasteiger partial charge is 0.269 e. The van der Waals surface area contributed by atoms with Gasteiger partial charge in [-0.05, 0) is 25.0 Å². The minimum Gasteiger partial charge on any atom is -0.392 e. The fourth-order valence-electron chi connectivity index (χ4n) is 2.13. The summed E-state index contributed by atoms with van der Waals surface area (Å²) in [6.45, 7) is 3.79. The first-order chi connectivity index (χ1) is 9.60. The number of hydrogen-bond donors (Lipinski definition) is 1. The van der Waals surface area contributed by atoms with Gasteiger partial charge in [0.2, 0.25) is 0 Å². The molecule has 0 radical (unpaired) electrons. The molecule has 0 saturated carbocycles. The van der Waals surface area contributed by atoms with Crippen LogP contribution in [0.2, 0.25) is 0 Å². The molecule has 6 heteroatoms. The predicted molar refractivity (Wildman–Crippen MR) is 74.9 cm³/mol. The summed E-state index contributed by atoms with van der Waals surface area (Å²) in [6, 6.07) is 6.47. The van der Waals surface area contributed by atoms with E-state index in [0.29, 0.717) is 11.3 Å². The number of nitrogens with zero attached hydrogens (tertiary/aromatic N) is 3. The van der Waals surface area contributed by atoms with Crippen molar-refractivity contribution < 1.29 is 10.0 Å². The molecule has 0 saturated heterocycles. The highest BCUT2D eigenvalue weighted by Crippen LogP contribution is 2.23. The van der Waals surface area contributed by atoms with Gasteiger partial charge in [0.25, 0.3) is 5.69 Å². The number of benzene rings is 1. The van der Waals surface area contributed by atoms with E-state index in [4.69, 9.17) is 0 Å². The van der Waals surface area contributed by atoms with Crippen LogP contribution in [-0.4, -0.2) is 19.8 Å². The summed E-state index contributed by atoms with van der Waals surface area (Å²) >= 11 is 0. The molecule has 1 heterocycles. The molecular formula is C14H17N3O3. The lowest BCUT2D eigenvalue weighted by Gasteiger charge is -2.10. The van der Waals surface area contributed by atoms with Crippen LogP contribution in [0.5, 0.6) is 0 Å². The van der Waals surface area contributed by atoms with Crippen molar-refractivity contribution >= 4 is 5.69 Å². The second-order valence-electron chi connectivity index (χ2n) is 4.47. The molecule has 106 valence electrons. The van der Waals surface area contributed by atoms with E-state index in [1.165, 1.54) is 12.1 Å². The van der Waals surface area contributed by atoms with E-state index in [-0.39, 0.29) is 12.3 Å². The van der Waals surface area contributed by atoms with Crippen LogP contribution >= 0.6 is 0 Å². The molecule has 2 aromatic rings. The molecule has 0 aliphatic carbocycles. The Morgan fingerprint density at radius 3 is 2.60 bits per heavy atom. The van der Waals surface area contributed by atoms with Gasteiger partial charge >= 0.3 is 0 Å². The van der Waals surface area contributed by atoms with Gasteiger partial charge in [-0.2, -0.15) is 5.10 Å². The molecule has 1 N–H and O–H groups in total. The lowest BCUT2D eigenvalue weighted by molar-refractivity contribution is -0.384. The number of aromatic nitrogens is 2. The first-order valence-electron chi connectivity index (χ1n) is 6.57. The minimum atomic E-state index is -0.468. The summed E-state index contributed by atoms with van der Waals surface area (Å²) in [4.78, 5) is 10.3. The van der Waals surface area contributed by atoms with Gasteiger partial charge in [-0.25, -0.2) is 4.68 Å². The highest BCUT2D eigenvalue weighted by molar-refractivity contribution is 5.48. The zero-order valence-electron chi connectivity index (χ0n) is 11.5. The summed E-state index contributed by atoms with van der Waals surface area (Å²) < 4.78 is 1.76. The lowest BCUT2D eigenvalue weighted by atomic mass is 10.1. The van der Waals surface area contributed by atoms with Crippen LogP contribution in [0.3, 0.4) is 0 Å². The quantitative estimate of drug-likeness (QED) is 0.671. The van der Waals surface area contributed by atoms with E-state index < -0.39 is 4.92 Å². The Morgan fingerprint density at radius 2 is 2.05 bits per heavy atom. The monoisotopic (exact) mass is 275 g/mol. The summed E-state index contributed by atoms with van der Waals surface area (Å²) in [5.41, 5.74) is 3.14. The molecule has 0 spiro atoms. The van der Waals surface area contributed by atoms with Crippen LogP contribution in [0.15, 0.2) is 24.3 Å². The molecule has 2 rings (SSSR count). The fourth-order valence-corrected chi connectivity index (χ4v) is 2.13. The number of nitro groups is 1. The molecule has 0 aliphatic heterocycles. The number of aliphatic hydroxyl groups excluding tert-OH is 1. The van der Waals surface area contributed by atoms with Crippen LogP contribution in [0.1, 0.15) is 30.8 Å². The second kappa shape index (κ2) is 5.83. The second-order valence-corrected chi connectivity index (χ2v) is 4.47. The van der Waals surface area contributed by atoms with Crippen molar-refractivity contribution in [1.29, 1.82) is 0 Å². The Balaban J connectivity index is 2.57. The van der Waals surface area contributed by atoms with Crippen molar-refractivity contribution in [2.75, 3.05) is 0 Å². The largest absolute Gasteiger partial charge is 0.392 e. The Bertz CT molecular complexity index is 635. The van der Waals surface area contributed by atoms with Crippen molar-refractivity contribution in [2.24, 2.45) is 0 Å². The van der Waals surface area contributed by atoms with Gasteiger partial charge in [0.1, 0.15) is 0 Å². The van der Waals surface area contributed by atoms with Crippen LogP contribution in [0.25, 0.3) is 5.69 Å². The third kappa shape index (κ3) is 2.55. The van der Waals surface area contributed by atoms with Gasteiger partial charge < -0.3 is 5.11 Å². The molecule has 0 bridgehead atoms. The van der Waals surface area contributed by atoms with Gasteiger partial charge in [-0.1, -0.05) is 13.8 Å². The number of aryl methyl sites for hydroxylation is 2. The molecule has 0 aliphatic rings. The molecule has 20 heavy (non-hydrogen) atoms. The molecule has 1 aromatic heterocycles. The first kappa shape index (κ1) is 14.2. The molecule has 0 unspecified atom stereocenters. The Morgan fingerprint density at radius 1 is 1.30 bits per heavy atom. The van der Waals surface area contributed by atoms with Crippen molar-refractivity contribution in [3.8, 4) is 5.69 Å². The van der Waals surface area contributed by atoms with Crippen molar-refractivity contribution in [3.63, 3.8) is 0 Å². The summed E-state index contributed by atoms with van der Waals surface area (Å²) in [5, 5.41) is 24.7. The van der Waals surface area contributed by atoms with E-state index in [1.807, 2.05) is 19.9 Å². The third-order valence-corrected chi connectivity index (χ3v) is 3.23. The molecule has 0 fully saturated rings. The van der Waals surface area contributed by atoms with Crippen molar-refractivity contribution in [2.45, 2.75) is 33.3 Å². The highest BCUT2D eigenvalue weighted by atomic mass is 16.6. The number of nitro benzene ring substituents is 1. The van der Waals surface area contributed by atoms with Crippen molar-refractivity contribution in [1.82, 2.24) is 9.78 Å². The first-order valence-corrected chi connectivity index (χ1v) is 6.57. The zero-order valence-corrected chi connectivity index (χ0v) is 11.5. The lowest BCUT2D eigenvalue weighted by Crippen LogP contribution is -2.06. The standard InChI is InChI=1S/C14H17N3O3/c1-3-11-8-12(4-2)16(15-11)14-6-5-13(17(19)20)7-10(14)9-18/h5-8,18H,3-4,9H2,1-2H3. The average molecular weight is 275 g/mol. The van der Waals surface area contributed by atoms with E-state index in [9.17, 15) is 15.2 Å². The maximum Gasteiger partial charge on any atom is 0.269 e. The van der Waals surface area contributed by atoms with Gasteiger partial charge in [0, 0.05) is 23.4 Å². The van der Waals surface area contributed by atoms with E-state index in [2.05, 4.69) is 5.10 Å². The molecule has 0 atom stereocenters. The highest BCUT2D eigenvalue weighted by Gasteiger charge is 2.14. The van der Waals surface area contributed by atoms with Crippen molar-refractivity contribution in [3.05, 3.63) is 51.3 Å². The van der Waals surface area contributed by atoms with Gasteiger partial charge in [-0.15, -0.1) is 0 Å². The number of rotatable bonds is 5. The fraction of sp³-hybridized carbons (Fsp3) is 0.357. The SMILES string of the molecule is CCc1cc(CC)n(-c2ccc([N+](=O)[O-])cc2CO)n1. The molecule has 0 amide bonds. The van der Waals surface area contributed by atoms with E-state index in [1.54, 1.807) is 10.7 Å². The average Bonchev–Trinajstić information content (AvgIpc) is 2.89. The van der Waals surface area contributed by atoms with E-state index >= 15 is 0 Å². The van der Waals surface area contributed by atoms with E-state index in [0.717, 1.165) is 24.2 Å². The van der Waals surface area contributed by atoms with Crippen LogP contribution in [0.4, 0.5) is 5.69 Å². The Labute approximate surface area is 116 Å². The summed E-state index contributed by atoms with van der Waals surface area (Å²) in [5.74, 6) is 0. The normalized spacial score (nSPS) is 10.8. The summed E-state index contributed by atoms with van der Waals surface area (Å²) in [7, 11) is 0. The maximum atomic E-state index is 10.8. The predicted octanol–water partition coefficient (Wildman–Crippen LogP) is 2.40. The number of aliphatic hydroxyl groups is 1. The Kier molecular flexibility index (Phi) is 4.14. The topological polar surface area (TPSA) is 81.2 Å². The van der Waals surface area contributed by atoms with Crippen LogP contribution < -0.4 is 0 Å². The van der Waals surface area contributed by atoms with Crippen LogP contribution in [0, 0.1) is 10.1 Å². The summed E-state index contributed by atoms with van der Waals surface area (Å²) in [6.07, 6.45) is 1.62. The minimum absolute atomic E-state index is 0.0290. The molecule has 6 nitrogen and oxygen atoms in total. The number of hydrogen-bond acceptors (Lipinski definition) is 4.